The zero-order valence-corrected chi connectivity index (χ0v) is 13.0. The van der Waals surface area contributed by atoms with E-state index in [4.69, 9.17) is 4.74 Å². The van der Waals surface area contributed by atoms with E-state index in [2.05, 4.69) is 27.4 Å². The first-order valence-corrected chi connectivity index (χ1v) is 8.05. The lowest BCUT2D eigenvalue weighted by molar-refractivity contribution is -0.119. The molecule has 2 N–H and O–H groups in total. The molecule has 2 aliphatic heterocycles. The third-order valence-corrected chi connectivity index (χ3v) is 4.33. The average molecular weight is 304 g/mol. The fourth-order valence-electron chi connectivity index (χ4n) is 2.98. The first-order valence-electron chi connectivity index (χ1n) is 8.05. The van der Waals surface area contributed by atoms with Gasteiger partial charge in [-0.05, 0) is 37.4 Å². The van der Waals surface area contributed by atoms with Crippen LogP contribution in [-0.2, 0) is 9.53 Å². The fraction of sp³-hybridized carbons (Fsp3) is 0.625. The smallest absolute Gasteiger partial charge is 0.241 e. The number of amides is 1. The number of hydrogen-bond donors (Lipinski definition) is 2. The molecule has 0 aliphatic carbocycles. The third-order valence-electron chi connectivity index (χ3n) is 4.33. The van der Waals surface area contributed by atoms with Gasteiger partial charge in [-0.3, -0.25) is 4.79 Å². The summed E-state index contributed by atoms with van der Waals surface area (Å²) in [7, 11) is 0. The molecule has 0 radical (unpaired) electrons. The van der Waals surface area contributed by atoms with E-state index in [-0.39, 0.29) is 11.9 Å². The number of hydrogen-bond acceptors (Lipinski definition) is 5. The number of nitrogens with one attached hydrogen (secondary N) is 2. The zero-order chi connectivity index (χ0) is 15.4. The lowest BCUT2D eigenvalue weighted by Crippen LogP contribution is -2.45. The van der Waals surface area contributed by atoms with Gasteiger partial charge in [0.25, 0.3) is 0 Å². The Labute approximate surface area is 131 Å². The minimum atomic E-state index is -0.0948. The number of carbonyl (C=O) groups excluding carboxylic acids is 1. The van der Waals surface area contributed by atoms with Crippen molar-refractivity contribution < 1.29 is 9.53 Å². The van der Waals surface area contributed by atoms with Crippen molar-refractivity contribution in [2.75, 3.05) is 43.1 Å². The first-order chi connectivity index (χ1) is 10.7. The SMILES string of the molecule is CC1CCNC(C(=O)Nc2ccc(N3CCOCC3)nc2)C1. The van der Waals surface area contributed by atoms with E-state index in [1.54, 1.807) is 6.20 Å². The van der Waals surface area contributed by atoms with Crippen LogP contribution in [0.1, 0.15) is 19.8 Å². The Morgan fingerprint density at radius 1 is 1.41 bits per heavy atom. The lowest BCUT2D eigenvalue weighted by Gasteiger charge is -2.28. The van der Waals surface area contributed by atoms with E-state index >= 15 is 0 Å². The Hall–Kier alpha value is -1.66. The van der Waals surface area contributed by atoms with Crippen LogP contribution in [0.5, 0.6) is 0 Å². The molecular formula is C16H24N4O2. The fourth-order valence-corrected chi connectivity index (χ4v) is 2.98. The van der Waals surface area contributed by atoms with Crippen molar-refractivity contribution in [3.05, 3.63) is 18.3 Å². The molecule has 3 heterocycles. The second kappa shape index (κ2) is 7.07. The molecule has 1 aromatic rings. The Bertz CT molecular complexity index is 499. The topological polar surface area (TPSA) is 66.5 Å². The number of aromatic nitrogens is 1. The van der Waals surface area contributed by atoms with Gasteiger partial charge in [-0.2, -0.15) is 0 Å². The molecule has 0 saturated carbocycles. The number of nitrogens with zero attached hydrogens (tertiary/aromatic N) is 2. The van der Waals surface area contributed by atoms with Crippen molar-refractivity contribution in [1.29, 1.82) is 0 Å². The van der Waals surface area contributed by atoms with E-state index in [1.165, 1.54) is 0 Å². The van der Waals surface area contributed by atoms with Crippen molar-refractivity contribution in [2.45, 2.75) is 25.8 Å². The minimum Gasteiger partial charge on any atom is -0.378 e. The van der Waals surface area contributed by atoms with Gasteiger partial charge in [-0.1, -0.05) is 6.92 Å². The van der Waals surface area contributed by atoms with E-state index in [0.717, 1.165) is 57.2 Å². The molecule has 2 atom stereocenters. The van der Waals surface area contributed by atoms with Crippen molar-refractivity contribution in [1.82, 2.24) is 10.3 Å². The Morgan fingerprint density at radius 2 is 2.23 bits per heavy atom. The highest BCUT2D eigenvalue weighted by molar-refractivity contribution is 5.94. The van der Waals surface area contributed by atoms with E-state index in [0.29, 0.717) is 5.92 Å². The maximum absolute atomic E-state index is 12.3. The summed E-state index contributed by atoms with van der Waals surface area (Å²) in [5.41, 5.74) is 0.752. The van der Waals surface area contributed by atoms with Crippen LogP contribution < -0.4 is 15.5 Å². The van der Waals surface area contributed by atoms with E-state index in [9.17, 15) is 4.79 Å². The van der Waals surface area contributed by atoms with E-state index < -0.39 is 0 Å². The second-order valence-corrected chi connectivity index (χ2v) is 6.13. The van der Waals surface area contributed by atoms with Gasteiger partial charge in [-0.15, -0.1) is 0 Å². The number of carbonyl (C=O) groups is 1. The van der Waals surface area contributed by atoms with Crippen molar-refractivity contribution in [3.63, 3.8) is 0 Å². The minimum absolute atomic E-state index is 0.0347. The predicted octanol–water partition coefficient (Wildman–Crippen LogP) is 1.24. The molecule has 2 fully saturated rings. The van der Waals surface area contributed by atoms with Gasteiger partial charge in [0.1, 0.15) is 5.82 Å². The predicted molar refractivity (Wildman–Crippen MR) is 86.1 cm³/mol. The van der Waals surface area contributed by atoms with E-state index in [1.807, 2.05) is 12.1 Å². The van der Waals surface area contributed by atoms with Gasteiger partial charge in [0, 0.05) is 13.1 Å². The molecule has 0 aromatic carbocycles. The summed E-state index contributed by atoms with van der Waals surface area (Å²) in [5.74, 6) is 1.57. The Kier molecular flexibility index (Phi) is 4.90. The van der Waals surface area contributed by atoms with Gasteiger partial charge >= 0.3 is 0 Å². The number of ether oxygens (including phenoxy) is 1. The number of morpholine rings is 1. The molecule has 3 rings (SSSR count). The van der Waals surface area contributed by atoms with Crippen LogP contribution in [0.4, 0.5) is 11.5 Å². The van der Waals surface area contributed by atoms with Crippen molar-refractivity contribution in [2.24, 2.45) is 5.92 Å². The normalized spacial score (nSPS) is 25.8. The number of piperidine rings is 1. The maximum atomic E-state index is 12.3. The van der Waals surface area contributed by atoms with Crippen molar-refractivity contribution >= 4 is 17.4 Å². The molecule has 6 heteroatoms. The third kappa shape index (κ3) is 3.75. The molecule has 1 aromatic heterocycles. The molecule has 0 spiro atoms. The quantitative estimate of drug-likeness (QED) is 0.879. The largest absolute Gasteiger partial charge is 0.378 e. The van der Waals surface area contributed by atoms with Crippen LogP contribution in [0.15, 0.2) is 18.3 Å². The Balaban J connectivity index is 1.57. The first kappa shape index (κ1) is 15.2. The summed E-state index contributed by atoms with van der Waals surface area (Å²) >= 11 is 0. The highest BCUT2D eigenvalue weighted by atomic mass is 16.5. The van der Waals surface area contributed by atoms with Gasteiger partial charge in [0.15, 0.2) is 0 Å². The van der Waals surface area contributed by atoms with Crippen LogP contribution in [0.2, 0.25) is 0 Å². The zero-order valence-electron chi connectivity index (χ0n) is 13.0. The molecule has 0 bridgehead atoms. The molecule has 1 amide bonds. The number of pyridine rings is 1. The highest BCUT2D eigenvalue weighted by Gasteiger charge is 2.24. The monoisotopic (exact) mass is 304 g/mol. The number of anilines is 2. The summed E-state index contributed by atoms with van der Waals surface area (Å²) in [5, 5.41) is 6.23. The molecule has 6 nitrogen and oxygen atoms in total. The highest BCUT2D eigenvalue weighted by Crippen LogP contribution is 2.18. The van der Waals surface area contributed by atoms with Crippen LogP contribution >= 0.6 is 0 Å². The number of rotatable bonds is 3. The van der Waals surface area contributed by atoms with Crippen LogP contribution in [-0.4, -0.2) is 49.8 Å². The Morgan fingerprint density at radius 3 is 2.91 bits per heavy atom. The summed E-state index contributed by atoms with van der Waals surface area (Å²) in [6.07, 6.45) is 3.76. The van der Waals surface area contributed by atoms with Gasteiger partial charge in [-0.25, -0.2) is 4.98 Å². The molecule has 120 valence electrons. The van der Waals surface area contributed by atoms with Crippen LogP contribution in [0, 0.1) is 5.92 Å². The molecule has 2 unspecified atom stereocenters. The lowest BCUT2D eigenvalue weighted by atomic mass is 9.94. The molecule has 2 aliphatic rings. The summed E-state index contributed by atoms with van der Waals surface area (Å²) < 4.78 is 5.34. The molecule has 2 saturated heterocycles. The summed E-state index contributed by atoms with van der Waals surface area (Å²) in [6, 6.07) is 3.78. The summed E-state index contributed by atoms with van der Waals surface area (Å²) in [6.45, 7) is 6.32. The maximum Gasteiger partial charge on any atom is 0.241 e. The average Bonchev–Trinajstić information content (AvgIpc) is 2.56. The van der Waals surface area contributed by atoms with Crippen molar-refractivity contribution in [3.8, 4) is 0 Å². The van der Waals surface area contributed by atoms with Crippen LogP contribution in [0.25, 0.3) is 0 Å². The van der Waals surface area contributed by atoms with Gasteiger partial charge in [0.2, 0.25) is 5.91 Å². The standard InChI is InChI=1S/C16H24N4O2/c1-12-4-5-17-14(10-12)16(21)19-13-2-3-15(18-11-13)20-6-8-22-9-7-20/h2-3,11-12,14,17H,4-10H2,1H3,(H,19,21). The molecule has 22 heavy (non-hydrogen) atoms. The second-order valence-electron chi connectivity index (χ2n) is 6.13. The molecular weight excluding hydrogens is 280 g/mol. The van der Waals surface area contributed by atoms with Gasteiger partial charge < -0.3 is 20.3 Å². The van der Waals surface area contributed by atoms with Gasteiger partial charge in [0.05, 0.1) is 31.1 Å². The van der Waals surface area contributed by atoms with Crippen LogP contribution in [0.3, 0.4) is 0 Å². The summed E-state index contributed by atoms with van der Waals surface area (Å²) in [4.78, 5) is 18.9.